The van der Waals surface area contributed by atoms with Gasteiger partial charge in [-0.3, -0.25) is 14.0 Å². The molecule has 25 heavy (non-hydrogen) atoms. The first-order valence-corrected chi connectivity index (χ1v) is 7.54. The number of pyridine rings is 1. The number of anilines is 1. The van der Waals surface area contributed by atoms with Crippen molar-refractivity contribution in [1.82, 2.24) is 9.38 Å². The third-order valence-corrected chi connectivity index (χ3v) is 3.70. The number of fused-ring (bicyclic) bond motifs is 1. The second-order valence-electron chi connectivity index (χ2n) is 5.47. The molecule has 0 saturated carbocycles. The molecule has 0 spiro atoms. The van der Waals surface area contributed by atoms with Crippen molar-refractivity contribution < 1.29 is 14.3 Å². The molecule has 0 aliphatic rings. The van der Waals surface area contributed by atoms with E-state index in [4.69, 9.17) is 9.47 Å². The van der Waals surface area contributed by atoms with Crippen molar-refractivity contribution in [3.05, 3.63) is 64.2 Å². The van der Waals surface area contributed by atoms with Gasteiger partial charge in [0, 0.05) is 36.3 Å². The number of amides is 1. The lowest BCUT2D eigenvalue weighted by atomic mass is 10.2. The van der Waals surface area contributed by atoms with Gasteiger partial charge >= 0.3 is 0 Å². The van der Waals surface area contributed by atoms with Gasteiger partial charge in [0.1, 0.15) is 22.7 Å². The minimum atomic E-state index is -0.552. The van der Waals surface area contributed by atoms with E-state index in [0.717, 1.165) is 5.56 Å². The molecule has 1 N–H and O–H groups in total. The Bertz CT molecular complexity index is 989. The second kappa shape index (κ2) is 6.64. The molecule has 0 saturated heterocycles. The van der Waals surface area contributed by atoms with E-state index in [9.17, 15) is 9.59 Å². The van der Waals surface area contributed by atoms with Crippen LogP contribution in [0.4, 0.5) is 5.69 Å². The van der Waals surface area contributed by atoms with E-state index in [2.05, 4.69) is 10.3 Å². The van der Waals surface area contributed by atoms with Crippen LogP contribution in [0.2, 0.25) is 0 Å². The van der Waals surface area contributed by atoms with Crippen LogP contribution in [0.1, 0.15) is 15.9 Å². The Morgan fingerprint density at radius 3 is 2.44 bits per heavy atom. The normalized spacial score (nSPS) is 10.5. The number of hydrogen-bond acceptors (Lipinski definition) is 5. The molecule has 7 nitrogen and oxygen atoms in total. The van der Waals surface area contributed by atoms with Gasteiger partial charge in [0.05, 0.1) is 14.2 Å². The van der Waals surface area contributed by atoms with Crippen molar-refractivity contribution in [1.29, 1.82) is 0 Å². The van der Waals surface area contributed by atoms with Crippen molar-refractivity contribution in [2.45, 2.75) is 6.92 Å². The second-order valence-corrected chi connectivity index (χ2v) is 5.47. The number of carbonyl (C=O) groups excluding carboxylic acids is 1. The predicted octanol–water partition coefficient (Wildman–Crippen LogP) is 2.27. The minimum absolute atomic E-state index is 0.0510. The van der Waals surface area contributed by atoms with Crippen molar-refractivity contribution >= 4 is 17.2 Å². The van der Waals surface area contributed by atoms with Gasteiger partial charge in [0.25, 0.3) is 11.5 Å². The molecular weight excluding hydrogens is 322 g/mol. The summed E-state index contributed by atoms with van der Waals surface area (Å²) in [4.78, 5) is 29.3. The maximum absolute atomic E-state index is 12.6. The molecule has 0 unspecified atom stereocenters. The molecule has 0 radical (unpaired) electrons. The van der Waals surface area contributed by atoms with E-state index in [1.807, 2.05) is 13.0 Å². The number of rotatable bonds is 4. The molecule has 0 atom stereocenters. The highest BCUT2D eigenvalue weighted by Crippen LogP contribution is 2.25. The minimum Gasteiger partial charge on any atom is -0.497 e. The molecular formula is C18H17N3O4. The Balaban J connectivity index is 1.98. The van der Waals surface area contributed by atoms with Gasteiger partial charge in [0.15, 0.2) is 0 Å². The fourth-order valence-electron chi connectivity index (χ4n) is 2.42. The van der Waals surface area contributed by atoms with Crippen LogP contribution in [0.15, 0.2) is 47.5 Å². The molecule has 0 fully saturated rings. The summed E-state index contributed by atoms with van der Waals surface area (Å²) in [5.74, 6) is 0.501. The number of ether oxygens (including phenoxy) is 2. The molecule has 7 heteroatoms. The van der Waals surface area contributed by atoms with Gasteiger partial charge in [-0.05, 0) is 18.6 Å². The number of aryl methyl sites for hydroxylation is 1. The van der Waals surface area contributed by atoms with Crippen LogP contribution in [-0.2, 0) is 0 Å². The van der Waals surface area contributed by atoms with E-state index in [1.165, 1.54) is 24.8 Å². The summed E-state index contributed by atoms with van der Waals surface area (Å²) in [6, 6.07) is 8.54. The van der Waals surface area contributed by atoms with Crippen LogP contribution >= 0.6 is 0 Å². The van der Waals surface area contributed by atoms with E-state index in [-0.39, 0.29) is 5.56 Å². The summed E-state index contributed by atoms with van der Waals surface area (Å²) in [6.45, 7) is 1.86. The largest absolute Gasteiger partial charge is 0.497 e. The van der Waals surface area contributed by atoms with Gasteiger partial charge in [0.2, 0.25) is 0 Å². The topological polar surface area (TPSA) is 81.9 Å². The van der Waals surface area contributed by atoms with Gasteiger partial charge < -0.3 is 14.8 Å². The Morgan fingerprint density at radius 1 is 1.12 bits per heavy atom. The summed E-state index contributed by atoms with van der Waals surface area (Å²) in [5, 5.41) is 2.68. The maximum atomic E-state index is 12.6. The van der Waals surface area contributed by atoms with Crippen LogP contribution in [0.25, 0.3) is 5.65 Å². The zero-order valence-electron chi connectivity index (χ0n) is 14.1. The number of aromatic nitrogens is 2. The number of carbonyl (C=O) groups is 1. The molecule has 0 bridgehead atoms. The summed E-state index contributed by atoms with van der Waals surface area (Å²) in [7, 11) is 3.03. The van der Waals surface area contributed by atoms with Gasteiger partial charge in [-0.2, -0.15) is 0 Å². The first-order valence-electron chi connectivity index (χ1n) is 7.54. The van der Waals surface area contributed by atoms with Gasteiger partial charge in [-0.25, -0.2) is 4.98 Å². The quantitative estimate of drug-likeness (QED) is 0.788. The number of hydrogen-bond donors (Lipinski definition) is 1. The molecule has 1 aromatic carbocycles. The average Bonchev–Trinajstić information content (AvgIpc) is 2.62. The van der Waals surface area contributed by atoms with E-state index >= 15 is 0 Å². The fourth-order valence-corrected chi connectivity index (χ4v) is 2.42. The summed E-state index contributed by atoms with van der Waals surface area (Å²) >= 11 is 0. The summed E-state index contributed by atoms with van der Waals surface area (Å²) in [5.41, 5.74) is 1.35. The van der Waals surface area contributed by atoms with Crippen molar-refractivity contribution in [3.63, 3.8) is 0 Å². The molecule has 0 aliphatic heterocycles. The van der Waals surface area contributed by atoms with Crippen LogP contribution in [0, 0.1) is 6.92 Å². The predicted molar refractivity (Wildman–Crippen MR) is 93.7 cm³/mol. The Kier molecular flexibility index (Phi) is 4.38. The first-order chi connectivity index (χ1) is 12.0. The maximum Gasteiger partial charge on any atom is 0.270 e. The summed E-state index contributed by atoms with van der Waals surface area (Å²) in [6.07, 6.45) is 2.93. The van der Waals surface area contributed by atoms with Crippen LogP contribution in [-0.4, -0.2) is 29.5 Å². The van der Waals surface area contributed by atoms with Crippen LogP contribution < -0.4 is 20.3 Å². The smallest absolute Gasteiger partial charge is 0.270 e. The molecule has 128 valence electrons. The van der Waals surface area contributed by atoms with Crippen molar-refractivity contribution in [2.24, 2.45) is 0 Å². The Labute approximate surface area is 143 Å². The van der Waals surface area contributed by atoms with Gasteiger partial charge in [-0.15, -0.1) is 0 Å². The first kappa shape index (κ1) is 16.5. The zero-order valence-corrected chi connectivity index (χ0v) is 14.1. The molecule has 0 aliphatic carbocycles. The lowest BCUT2D eigenvalue weighted by Crippen LogP contribution is -2.26. The molecule has 2 heterocycles. The highest BCUT2D eigenvalue weighted by Gasteiger charge is 2.14. The van der Waals surface area contributed by atoms with Gasteiger partial charge in [-0.1, -0.05) is 6.07 Å². The van der Waals surface area contributed by atoms with Crippen LogP contribution in [0.5, 0.6) is 11.5 Å². The average molecular weight is 339 g/mol. The number of nitrogens with zero attached hydrogens (tertiary/aromatic N) is 2. The standard InChI is InChI=1S/C18H17N3O4/c1-11-4-5-16-19-9-15(18(23)21(16)10-11)17(22)20-12-6-13(24-2)8-14(7-12)25-3/h4-10H,1-3H3,(H,20,22). The van der Waals surface area contributed by atoms with Crippen molar-refractivity contribution in [2.75, 3.05) is 19.5 Å². The fraction of sp³-hybridized carbons (Fsp3) is 0.167. The molecule has 2 aromatic heterocycles. The number of methoxy groups -OCH3 is 2. The zero-order chi connectivity index (χ0) is 18.0. The monoisotopic (exact) mass is 339 g/mol. The van der Waals surface area contributed by atoms with E-state index in [1.54, 1.807) is 30.5 Å². The summed E-state index contributed by atoms with van der Waals surface area (Å²) < 4.78 is 11.7. The van der Waals surface area contributed by atoms with E-state index in [0.29, 0.717) is 22.8 Å². The Hall–Kier alpha value is -3.35. The van der Waals surface area contributed by atoms with E-state index < -0.39 is 11.5 Å². The molecule has 1 amide bonds. The number of nitrogens with one attached hydrogen (secondary N) is 1. The lowest BCUT2D eigenvalue weighted by Gasteiger charge is -2.10. The SMILES string of the molecule is COc1cc(NC(=O)c2cnc3ccc(C)cn3c2=O)cc(OC)c1. The Morgan fingerprint density at radius 2 is 1.80 bits per heavy atom. The number of benzene rings is 1. The molecule has 3 aromatic rings. The van der Waals surface area contributed by atoms with Crippen molar-refractivity contribution in [3.8, 4) is 11.5 Å². The molecule has 3 rings (SSSR count). The highest BCUT2D eigenvalue weighted by atomic mass is 16.5. The lowest BCUT2D eigenvalue weighted by molar-refractivity contribution is 0.102. The highest BCUT2D eigenvalue weighted by molar-refractivity contribution is 6.04. The third-order valence-electron chi connectivity index (χ3n) is 3.70. The van der Waals surface area contributed by atoms with Crippen LogP contribution in [0.3, 0.4) is 0 Å². The third kappa shape index (κ3) is 3.30.